The number of anilines is 1. The van der Waals surface area contributed by atoms with E-state index in [1.165, 1.54) is 18.2 Å². The summed E-state index contributed by atoms with van der Waals surface area (Å²) in [6.45, 7) is 2.71. The number of para-hydroxylation sites is 1. The Morgan fingerprint density at radius 2 is 1.90 bits per heavy atom. The van der Waals surface area contributed by atoms with Gasteiger partial charge in [-0.05, 0) is 50.8 Å². The van der Waals surface area contributed by atoms with Crippen molar-refractivity contribution >= 4 is 5.69 Å². The molecule has 3 nitrogen and oxygen atoms in total. The standard InChI is InChI=1S/C17H21FN2O/c1-12(15-10-14(18)8-9-17(15)21)19-16-7-5-4-6-13(16)11-20(2)3/h4-10,12,19,21H,11H2,1-3H3. The number of nitrogens with one attached hydrogen (secondary N) is 1. The topological polar surface area (TPSA) is 35.5 Å². The van der Waals surface area contributed by atoms with E-state index in [4.69, 9.17) is 0 Å². The molecular weight excluding hydrogens is 267 g/mol. The number of halogens is 1. The molecule has 0 saturated carbocycles. The Morgan fingerprint density at radius 3 is 2.62 bits per heavy atom. The number of hydrogen-bond acceptors (Lipinski definition) is 3. The van der Waals surface area contributed by atoms with E-state index in [1.54, 1.807) is 0 Å². The molecule has 0 saturated heterocycles. The van der Waals surface area contributed by atoms with Crippen LogP contribution in [0.15, 0.2) is 42.5 Å². The second kappa shape index (κ2) is 6.59. The Hall–Kier alpha value is -2.07. The Labute approximate surface area is 125 Å². The molecule has 0 aromatic heterocycles. The van der Waals surface area contributed by atoms with E-state index in [0.717, 1.165) is 17.8 Å². The molecule has 0 bridgehead atoms. The van der Waals surface area contributed by atoms with Gasteiger partial charge in [0.25, 0.3) is 0 Å². The molecule has 21 heavy (non-hydrogen) atoms. The first-order valence-corrected chi connectivity index (χ1v) is 6.95. The highest BCUT2D eigenvalue weighted by molar-refractivity contribution is 5.53. The number of phenolic OH excluding ortho intramolecular Hbond substituents is 1. The largest absolute Gasteiger partial charge is 0.508 e. The second-order valence-electron chi connectivity index (χ2n) is 5.46. The molecule has 2 rings (SSSR count). The predicted molar refractivity (Wildman–Crippen MR) is 83.9 cm³/mol. The quantitative estimate of drug-likeness (QED) is 0.879. The molecule has 2 N–H and O–H groups in total. The second-order valence-corrected chi connectivity index (χ2v) is 5.46. The molecule has 112 valence electrons. The lowest BCUT2D eigenvalue weighted by Crippen LogP contribution is -2.14. The third-order valence-electron chi connectivity index (χ3n) is 3.33. The monoisotopic (exact) mass is 288 g/mol. The molecule has 1 unspecified atom stereocenters. The van der Waals surface area contributed by atoms with Crippen LogP contribution in [0.3, 0.4) is 0 Å². The third-order valence-corrected chi connectivity index (χ3v) is 3.33. The average molecular weight is 288 g/mol. The molecule has 0 radical (unpaired) electrons. The van der Waals surface area contributed by atoms with Crippen molar-refractivity contribution in [2.75, 3.05) is 19.4 Å². The van der Waals surface area contributed by atoms with E-state index >= 15 is 0 Å². The summed E-state index contributed by atoms with van der Waals surface area (Å²) < 4.78 is 13.4. The first-order chi connectivity index (χ1) is 9.97. The van der Waals surface area contributed by atoms with Crippen molar-refractivity contribution in [2.24, 2.45) is 0 Å². The summed E-state index contributed by atoms with van der Waals surface area (Å²) in [7, 11) is 4.03. The number of hydrogen-bond donors (Lipinski definition) is 2. The Kier molecular flexibility index (Phi) is 4.81. The summed E-state index contributed by atoms with van der Waals surface area (Å²) in [4.78, 5) is 2.09. The molecule has 4 heteroatoms. The maximum atomic E-state index is 13.4. The van der Waals surface area contributed by atoms with E-state index in [0.29, 0.717) is 5.56 Å². The highest BCUT2D eigenvalue weighted by Gasteiger charge is 2.13. The van der Waals surface area contributed by atoms with Crippen molar-refractivity contribution < 1.29 is 9.50 Å². The van der Waals surface area contributed by atoms with Crippen LogP contribution < -0.4 is 5.32 Å². The minimum atomic E-state index is -0.349. The lowest BCUT2D eigenvalue weighted by atomic mass is 10.1. The maximum Gasteiger partial charge on any atom is 0.123 e. The highest BCUT2D eigenvalue weighted by atomic mass is 19.1. The van der Waals surface area contributed by atoms with Crippen LogP contribution in [0.1, 0.15) is 24.1 Å². The van der Waals surface area contributed by atoms with Gasteiger partial charge >= 0.3 is 0 Å². The normalized spacial score (nSPS) is 12.4. The average Bonchev–Trinajstić information content (AvgIpc) is 2.43. The minimum Gasteiger partial charge on any atom is -0.508 e. The van der Waals surface area contributed by atoms with Crippen molar-refractivity contribution in [2.45, 2.75) is 19.5 Å². The molecule has 0 spiro atoms. The molecule has 0 amide bonds. The molecule has 0 aliphatic heterocycles. The fourth-order valence-electron chi connectivity index (χ4n) is 2.32. The Bertz CT molecular complexity index is 613. The van der Waals surface area contributed by atoms with Crippen molar-refractivity contribution in [3.63, 3.8) is 0 Å². The summed E-state index contributed by atoms with van der Waals surface area (Å²) in [5.74, 6) is -0.250. The molecule has 0 fully saturated rings. The van der Waals surface area contributed by atoms with Gasteiger partial charge in [-0.3, -0.25) is 0 Å². The predicted octanol–water partition coefficient (Wildman–Crippen LogP) is 3.77. The van der Waals surface area contributed by atoms with Gasteiger partial charge in [0.1, 0.15) is 11.6 Å². The van der Waals surface area contributed by atoms with E-state index < -0.39 is 0 Å². The molecule has 0 aliphatic carbocycles. The van der Waals surface area contributed by atoms with Crippen LogP contribution in [-0.4, -0.2) is 24.1 Å². The summed E-state index contributed by atoms with van der Waals surface area (Å²) in [6, 6.07) is 11.8. The van der Waals surface area contributed by atoms with Crippen LogP contribution in [0.5, 0.6) is 5.75 Å². The third kappa shape index (κ3) is 3.95. The Balaban J connectivity index is 2.23. The van der Waals surface area contributed by atoms with Gasteiger partial charge in [-0.25, -0.2) is 4.39 Å². The summed E-state index contributed by atoms with van der Waals surface area (Å²) >= 11 is 0. The molecule has 0 heterocycles. The van der Waals surface area contributed by atoms with Crippen LogP contribution in [0.4, 0.5) is 10.1 Å². The SMILES string of the molecule is CC(Nc1ccccc1CN(C)C)c1cc(F)ccc1O. The zero-order valence-corrected chi connectivity index (χ0v) is 12.6. The lowest BCUT2D eigenvalue weighted by Gasteiger charge is -2.21. The van der Waals surface area contributed by atoms with Crippen LogP contribution in [0.25, 0.3) is 0 Å². The van der Waals surface area contributed by atoms with Crippen LogP contribution in [0.2, 0.25) is 0 Å². The van der Waals surface area contributed by atoms with Gasteiger partial charge in [-0.15, -0.1) is 0 Å². The molecule has 2 aromatic carbocycles. The fraction of sp³-hybridized carbons (Fsp3) is 0.294. The van der Waals surface area contributed by atoms with E-state index in [1.807, 2.05) is 39.2 Å². The molecule has 2 aromatic rings. The van der Waals surface area contributed by atoms with Gasteiger partial charge in [0, 0.05) is 17.8 Å². The first-order valence-electron chi connectivity index (χ1n) is 6.95. The highest BCUT2D eigenvalue weighted by Crippen LogP contribution is 2.29. The van der Waals surface area contributed by atoms with Gasteiger partial charge in [0.05, 0.1) is 6.04 Å². The van der Waals surface area contributed by atoms with Crippen molar-refractivity contribution in [1.29, 1.82) is 0 Å². The van der Waals surface area contributed by atoms with Crippen molar-refractivity contribution in [1.82, 2.24) is 4.90 Å². The van der Waals surface area contributed by atoms with E-state index in [9.17, 15) is 9.50 Å². The summed E-state index contributed by atoms with van der Waals surface area (Å²) in [5, 5.41) is 13.2. The smallest absolute Gasteiger partial charge is 0.123 e. The van der Waals surface area contributed by atoms with Gasteiger partial charge in [0.15, 0.2) is 0 Å². The van der Waals surface area contributed by atoms with Crippen LogP contribution >= 0.6 is 0 Å². The van der Waals surface area contributed by atoms with Gasteiger partial charge in [-0.1, -0.05) is 18.2 Å². The number of aromatic hydroxyl groups is 1. The van der Waals surface area contributed by atoms with Gasteiger partial charge in [-0.2, -0.15) is 0 Å². The number of nitrogens with zero attached hydrogens (tertiary/aromatic N) is 1. The zero-order chi connectivity index (χ0) is 15.4. The van der Waals surface area contributed by atoms with E-state index in [2.05, 4.69) is 16.3 Å². The van der Waals surface area contributed by atoms with Crippen LogP contribution in [-0.2, 0) is 6.54 Å². The Morgan fingerprint density at radius 1 is 1.19 bits per heavy atom. The van der Waals surface area contributed by atoms with E-state index in [-0.39, 0.29) is 17.6 Å². The van der Waals surface area contributed by atoms with Crippen LogP contribution in [0, 0.1) is 5.82 Å². The number of phenols is 1. The summed E-state index contributed by atoms with van der Waals surface area (Å²) in [6.07, 6.45) is 0. The molecule has 1 atom stereocenters. The van der Waals surface area contributed by atoms with Crippen molar-refractivity contribution in [3.05, 3.63) is 59.4 Å². The van der Waals surface area contributed by atoms with Gasteiger partial charge in [0.2, 0.25) is 0 Å². The number of rotatable bonds is 5. The minimum absolute atomic E-state index is 0.0986. The zero-order valence-electron chi connectivity index (χ0n) is 12.6. The molecular formula is C17H21FN2O. The maximum absolute atomic E-state index is 13.4. The summed E-state index contributed by atoms with van der Waals surface area (Å²) in [5.41, 5.74) is 2.70. The number of benzene rings is 2. The first kappa shape index (κ1) is 15.3. The van der Waals surface area contributed by atoms with Gasteiger partial charge < -0.3 is 15.3 Å². The lowest BCUT2D eigenvalue weighted by molar-refractivity contribution is 0.403. The molecule has 0 aliphatic rings. The van der Waals surface area contributed by atoms with Crippen molar-refractivity contribution in [3.8, 4) is 5.75 Å². The fourth-order valence-corrected chi connectivity index (χ4v) is 2.32.